The van der Waals surface area contributed by atoms with Gasteiger partial charge in [0.2, 0.25) is 0 Å². The first kappa shape index (κ1) is 25.5. The van der Waals surface area contributed by atoms with E-state index in [2.05, 4.69) is 9.88 Å². The molecule has 4 heterocycles. The number of rotatable bonds is 5. The fourth-order valence-electron chi connectivity index (χ4n) is 4.77. The zero-order valence-corrected chi connectivity index (χ0v) is 23.4. The highest BCUT2D eigenvalue weighted by Gasteiger charge is 2.37. The van der Waals surface area contributed by atoms with E-state index in [1.54, 1.807) is 18.3 Å². The van der Waals surface area contributed by atoms with Crippen molar-refractivity contribution in [3.8, 4) is 21.8 Å². The molecule has 0 unspecified atom stereocenters. The molecule has 0 bridgehead atoms. The topological polar surface area (TPSA) is 69.6 Å². The Balaban J connectivity index is 1.02. The molecule has 2 aliphatic rings. The summed E-state index contributed by atoms with van der Waals surface area (Å²) < 4.78 is 0. The van der Waals surface area contributed by atoms with Gasteiger partial charge in [-0.05, 0) is 30.3 Å². The molecule has 2 fully saturated rings. The van der Waals surface area contributed by atoms with Crippen molar-refractivity contribution in [2.45, 2.75) is 6.04 Å². The van der Waals surface area contributed by atoms with Gasteiger partial charge in [0.05, 0.1) is 10.7 Å². The van der Waals surface area contributed by atoms with Crippen LogP contribution in [0.3, 0.4) is 0 Å². The molecule has 2 amide bonds. The molecular formula is C27H23Cl2N5O2S2. The number of thiazole rings is 2. The van der Waals surface area contributed by atoms with E-state index < -0.39 is 0 Å². The number of hydrogen-bond acceptors (Lipinski definition) is 7. The van der Waals surface area contributed by atoms with Gasteiger partial charge < -0.3 is 9.80 Å². The van der Waals surface area contributed by atoms with Crippen LogP contribution in [-0.2, 0) is 0 Å². The maximum Gasteiger partial charge on any atom is 0.282 e. The van der Waals surface area contributed by atoms with Crippen molar-refractivity contribution in [1.82, 2.24) is 24.7 Å². The molecule has 2 aromatic carbocycles. The molecule has 0 spiro atoms. The van der Waals surface area contributed by atoms with E-state index in [9.17, 15) is 9.59 Å². The van der Waals surface area contributed by atoms with Crippen LogP contribution in [0.2, 0.25) is 10.0 Å². The molecule has 6 rings (SSSR count). The minimum absolute atomic E-state index is 0.0104. The van der Waals surface area contributed by atoms with Crippen molar-refractivity contribution in [3.63, 3.8) is 0 Å². The molecule has 0 aliphatic carbocycles. The minimum Gasteiger partial charge on any atom is -0.335 e. The summed E-state index contributed by atoms with van der Waals surface area (Å²) in [6.45, 7) is 4.42. The summed E-state index contributed by atoms with van der Waals surface area (Å²) in [6.07, 6.45) is 1.66. The van der Waals surface area contributed by atoms with Crippen LogP contribution in [0.4, 0.5) is 0 Å². The second kappa shape index (κ2) is 10.7. The Kier molecular flexibility index (Phi) is 7.20. The molecule has 2 saturated heterocycles. The smallest absolute Gasteiger partial charge is 0.282 e. The average Bonchev–Trinajstić information content (AvgIpc) is 3.61. The van der Waals surface area contributed by atoms with E-state index in [1.165, 1.54) is 22.7 Å². The van der Waals surface area contributed by atoms with Crippen LogP contribution >= 0.6 is 45.9 Å². The predicted molar refractivity (Wildman–Crippen MR) is 152 cm³/mol. The molecule has 2 aromatic heterocycles. The van der Waals surface area contributed by atoms with Crippen LogP contribution in [0, 0.1) is 0 Å². The van der Waals surface area contributed by atoms with Gasteiger partial charge in [0, 0.05) is 84.0 Å². The van der Waals surface area contributed by atoms with Crippen molar-refractivity contribution in [3.05, 3.63) is 80.0 Å². The number of likely N-dealkylation sites (tertiary alicyclic amines) is 1. The van der Waals surface area contributed by atoms with Crippen LogP contribution in [-0.4, -0.2) is 81.8 Å². The average molecular weight is 585 g/mol. The number of aromatic nitrogens is 2. The zero-order chi connectivity index (χ0) is 26.2. The van der Waals surface area contributed by atoms with Gasteiger partial charge in [0.25, 0.3) is 11.8 Å². The van der Waals surface area contributed by atoms with Gasteiger partial charge in [0.1, 0.15) is 5.01 Å². The van der Waals surface area contributed by atoms with Crippen LogP contribution in [0.15, 0.2) is 59.4 Å². The van der Waals surface area contributed by atoms with Gasteiger partial charge >= 0.3 is 0 Å². The number of piperazine rings is 1. The number of halogens is 2. The number of amides is 2. The van der Waals surface area contributed by atoms with Crippen LogP contribution in [0.25, 0.3) is 21.8 Å². The van der Waals surface area contributed by atoms with Gasteiger partial charge in [-0.3, -0.25) is 14.5 Å². The lowest BCUT2D eigenvalue weighted by Crippen LogP contribution is -2.64. The largest absolute Gasteiger partial charge is 0.335 e. The lowest BCUT2D eigenvalue weighted by atomic mass is 10.0. The van der Waals surface area contributed by atoms with E-state index in [1.807, 2.05) is 50.9 Å². The number of nitrogens with zero attached hydrogens (tertiary/aromatic N) is 5. The zero-order valence-electron chi connectivity index (χ0n) is 20.2. The molecule has 0 saturated carbocycles. The Bertz CT molecular complexity index is 1460. The van der Waals surface area contributed by atoms with Crippen LogP contribution in [0.5, 0.6) is 0 Å². The first-order valence-corrected chi connectivity index (χ1v) is 14.7. The summed E-state index contributed by atoms with van der Waals surface area (Å²) in [7, 11) is 0. The number of hydrogen-bond donors (Lipinski definition) is 0. The molecule has 0 N–H and O–H groups in total. The highest BCUT2D eigenvalue weighted by Crippen LogP contribution is 2.34. The quantitative estimate of drug-likeness (QED) is 0.309. The molecule has 11 heteroatoms. The minimum atomic E-state index is 0.0104. The molecule has 4 aromatic rings. The second-order valence-corrected chi connectivity index (χ2v) is 11.9. The Labute approximate surface area is 238 Å². The van der Waals surface area contributed by atoms with Gasteiger partial charge in [-0.2, -0.15) is 0 Å². The molecule has 0 atom stereocenters. The third kappa shape index (κ3) is 5.09. The van der Waals surface area contributed by atoms with Gasteiger partial charge in [0.15, 0.2) is 5.01 Å². The Morgan fingerprint density at radius 3 is 2.34 bits per heavy atom. The maximum absolute atomic E-state index is 13.0. The van der Waals surface area contributed by atoms with Gasteiger partial charge in [-0.25, -0.2) is 9.97 Å². The summed E-state index contributed by atoms with van der Waals surface area (Å²) in [6, 6.07) is 13.3. The van der Waals surface area contributed by atoms with Crippen molar-refractivity contribution in [1.29, 1.82) is 0 Å². The SMILES string of the molecule is O=C(c1ccc(-c2nc(-c3ccc(Cl)cc3Cl)cs2)cc1)N1CC(N2CCN(C(=O)c3nccs3)CC2)C1. The third-order valence-electron chi connectivity index (χ3n) is 6.97. The fraction of sp³-hybridized carbons (Fsp3) is 0.259. The predicted octanol–water partition coefficient (Wildman–Crippen LogP) is 5.52. The molecule has 7 nitrogen and oxygen atoms in total. The van der Waals surface area contributed by atoms with Crippen LogP contribution < -0.4 is 0 Å². The first-order chi connectivity index (χ1) is 18.5. The number of carbonyl (C=O) groups excluding carboxylic acids is 2. The van der Waals surface area contributed by atoms with Crippen molar-refractivity contribution >= 4 is 57.7 Å². The van der Waals surface area contributed by atoms with Crippen molar-refractivity contribution in [2.75, 3.05) is 39.3 Å². The lowest BCUT2D eigenvalue weighted by Gasteiger charge is -2.48. The number of carbonyl (C=O) groups is 2. The molecule has 2 aliphatic heterocycles. The summed E-state index contributed by atoms with van der Waals surface area (Å²) in [5.41, 5.74) is 3.26. The first-order valence-electron chi connectivity index (χ1n) is 12.2. The number of benzene rings is 2. The van der Waals surface area contributed by atoms with Gasteiger partial charge in [-0.15, -0.1) is 22.7 Å². The third-order valence-corrected chi connectivity index (χ3v) is 9.17. The Morgan fingerprint density at radius 2 is 1.66 bits per heavy atom. The van der Waals surface area contributed by atoms with E-state index in [0.29, 0.717) is 52.8 Å². The fourth-order valence-corrected chi connectivity index (χ4v) is 6.71. The van der Waals surface area contributed by atoms with Crippen LogP contribution in [0.1, 0.15) is 20.2 Å². The van der Waals surface area contributed by atoms with E-state index >= 15 is 0 Å². The molecule has 194 valence electrons. The Hall–Kier alpha value is -2.82. The van der Waals surface area contributed by atoms with E-state index in [0.717, 1.165) is 34.9 Å². The highest BCUT2D eigenvalue weighted by atomic mass is 35.5. The molecule has 0 radical (unpaired) electrons. The van der Waals surface area contributed by atoms with Crippen molar-refractivity contribution in [2.24, 2.45) is 0 Å². The Morgan fingerprint density at radius 1 is 0.895 bits per heavy atom. The summed E-state index contributed by atoms with van der Waals surface area (Å²) in [5, 5.41) is 6.36. The van der Waals surface area contributed by atoms with Crippen molar-refractivity contribution < 1.29 is 9.59 Å². The monoisotopic (exact) mass is 583 g/mol. The molecular weight excluding hydrogens is 561 g/mol. The summed E-state index contributed by atoms with van der Waals surface area (Å²) in [4.78, 5) is 40.6. The lowest BCUT2D eigenvalue weighted by molar-refractivity contribution is 0.00853. The van der Waals surface area contributed by atoms with Gasteiger partial charge in [-0.1, -0.05) is 35.3 Å². The summed E-state index contributed by atoms with van der Waals surface area (Å²) >= 11 is 15.3. The van der Waals surface area contributed by atoms with E-state index in [-0.39, 0.29) is 11.8 Å². The summed E-state index contributed by atoms with van der Waals surface area (Å²) in [5.74, 6) is 0.0504. The maximum atomic E-state index is 13.0. The standard InChI is InChI=1S/C27H23Cl2N5O2S2/c28-19-5-6-21(22(29)13-19)23-16-38-24(31-23)17-1-3-18(4-2-17)26(35)34-14-20(15-34)32-8-10-33(11-9-32)27(36)25-30-7-12-37-25/h1-7,12-13,16,20H,8-11,14-15H2. The van der Waals surface area contributed by atoms with E-state index in [4.69, 9.17) is 28.2 Å². The normalized spacial score (nSPS) is 16.5. The second-order valence-electron chi connectivity index (χ2n) is 9.27. The molecule has 38 heavy (non-hydrogen) atoms. The highest BCUT2D eigenvalue weighted by molar-refractivity contribution is 7.13.